The number of aromatic nitrogens is 2. The summed E-state index contributed by atoms with van der Waals surface area (Å²) < 4.78 is 1.63. The van der Waals surface area contributed by atoms with Crippen molar-refractivity contribution in [3.63, 3.8) is 0 Å². The van der Waals surface area contributed by atoms with E-state index in [0.717, 1.165) is 30.8 Å². The summed E-state index contributed by atoms with van der Waals surface area (Å²) >= 11 is 7.42. The number of benzene rings is 1. The Morgan fingerprint density at radius 2 is 2.00 bits per heavy atom. The lowest BCUT2D eigenvalue weighted by Crippen LogP contribution is -2.48. The Kier molecular flexibility index (Phi) is 5.61. The number of carbonyl (C=O) groups is 1. The van der Waals surface area contributed by atoms with Crippen molar-refractivity contribution in [3.8, 4) is 0 Å². The van der Waals surface area contributed by atoms with Crippen molar-refractivity contribution in [1.82, 2.24) is 14.5 Å². The summed E-state index contributed by atoms with van der Waals surface area (Å²) in [5.41, 5.74) is 1.76. The molecule has 1 aliphatic heterocycles. The van der Waals surface area contributed by atoms with E-state index in [1.165, 1.54) is 11.3 Å². The van der Waals surface area contributed by atoms with E-state index < -0.39 is 0 Å². The van der Waals surface area contributed by atoms with Crippen molar-refractivity contribution >= 4 is 44.7 Å². The molecule has 0 spiro atoms. The van der Waals surface area contributed by atoms with Gasteiger partial charge < -0.3 is 9.80 Å². The third-order valence-electron chi connectivity index (χ3n) is 5.32. The zero-order valence-electron chi connectivity index (χ0n) is 16.5. The van der Waals surface area contributed by atoms with Gasteiger partial charge in [0, 0.05) is 43.4 Å². The number of hydrogen-bond donors (Lipinski definition) is 0. The molecule has 1 aliphatic rings. The quantitative estimate of drug-likeness (QED) is 0.631. The van der Waals surface area contributed by atoms with E-state index >= 15 is 0 Å². The summed E-state index contributed by atoms with van der Waals surface area (Å²) in [7, 11) is 0. The summed E-state index contributed by atoms with van der Waals surface area (Å²) in [5.74, 6) is -0.0160. The molecule has 0 bridgehead atoms. The average Bonchev–Trinajstić information content (AvgIpc) is 3.07. The van der Waals surface area contributed by atoms with Gasteiger partial charge in [-0.2, -0.15) is 0 Å². The third-order valence-corrected chi connectivity index (χ3v) is 6.74. The van der Waals surface area contributed by atoms with E-state index in [4.69, 9.17) is 11.6 Å². The number of halogens is 1. The first kappa shape index (κ1) is 19.9. The van der Waals surface area contributed by atoms with Crippen LogP contribution < -0.4 is 10.5 Å². The molecule has 2 aromatic heterocycles. The highest BCUT2D eigenvalue weighted by Crippen LogP contribution is 2.29. The van der Waals surface area contributed by atoms with Gasteiger partial charge in [0.25, 0.3) is 11.5 Å². The number of piperazine rings is 1. The molecule has 1 saturated heterocycles. The largest absolute Gasteiger partial charge is 0.368 e. The summed E-state index contributed by atoms with van der Waals surface area (Å²) in [6, 6.07) is 7.78. The fourth-order valence-corrected chi connectivity index (χ4v) is 5.04. The number of fused-ring (bicyclic) bond motifs is 1. The molecule has 0 saturated carbocycles. The molecule has 0 N–H and O–H groups in total. The van der Waals surface area contributed by atoms with E-state index in [2.05, 4.69) is 9.88 Å². The molecule has 3 aromatic rings. The van der Waals surface area contributed by atoms with Gasteiger partial charge in [-0.05, 0) is 37.1 Å². The van der Waals surface area contributed by atoms with Gasteiger partial charge >= 0.3 is 0 Å². The Hall–Kier alpha value is -2.38. The van der Waals surface area contributed by atoms with Crippen LogP contribution in [-0.4, -0.2) is 46.5 Å². The standard InChI is InChI=1S/C21H23ClN4O2S/c1-3-7-26-13-23-19-17(20(26)27)14(2)18(29-19)21(28)25-10-8-24(9-11-25)16-6-4-5-15(22)12-16/h4-6,12-13H,3,7-11H2,1-2H3. The molecule has 0 unspecified atom stereocenters. The van der Waals surface area contributed by atoms with E-state index in [1.807, 2.05) is 43.0 Å². The molecule has 0 aliphatic carbocycles. The maximum absolute atomic E-state index is 13.2. The Morgan fingerprint density at radius 1 is 1.24 bits per heavy atom. The second-order valence-electron chi connectivity index (χ2n) is 7.24. The predicted octanol–water partition coefficient (Wildman–Crippen LogP) is 3.79. The van der Waals surface area contributed by atoms with Gasteiger partial charge in [-0.25, -0.2) is 4.98 Å². The van der Waals surface area contributed by atoms with Gasteiger partial charge in [0.15, 0.2) is 0 Å². The highest BCUT2D eigenvalue weighted by atomic mass is 35.5. The molecular formula is C21H23ClN4O2S. The predicted molar refractivity (Wildman–Crippen MR) is 118 cm³/mol. The lowest BCUT2D eigenvalue weighted by atomic mass is 10.2. The van der Waals surface area contributed by atoms with Crippen molar-refractivity contribution < 1.29 is 4.79 Å². The first-order valence-corrected chi connectivity index (χ1v) is 11.0. The maximum atomic E-state index is 13.2. The Bertz CT molecular complexity index is 1120. The highest BCUT2D eigenvalue weighted by Gasteiger charge is 2.26. The molecule has 3 heterocycles. The number of anilines is 1. The summed E-state index contributed by atoms with van der Waals surface area (Å²) in [4.78, 5) is 35.7. The van der Waals surface area contributed by atoms with Gasteiger partial charge in [0.2, 0.25) is 0 Å². The van der Waals surface area contributed by atoms with Crippen molar-refractivity contribution in [3.05, 3.63) is 56.4 Å². The number of carbonyl (C=O) groups excluding carboxylic acids is 1. The van der Waals surface area contributed by atoms with Crippen LogP contribution in [-0.2, 0) is 6.54 Å². The monoisotopic (exact) mass is 430 g/mol. The molecule has 152 valence electrons. The molecule has 6 nitrogen and oxygen atoms in total. The molecule has 4 rings (SSSR count). The van der Waals surface area contributed by atoms with Crippen LogP contribution in [0.4, 0.5) is 5.69 Å². The summed E-state index contributed by atoms with van der Waals surface area (Å²) in [5, 5.41) is 1.29. The topological polar surface area (TPSA) is 58.4 Å². The number of hydrogen-bond acceptors (Lipinski definition) is 5. The smallest absolute Gasteiger partial charge is 0.264 e. The average molecular weight is 431 g/mol. The van der Waals surface area contributed by atoms with Crippen molar-refractivity contribution in [1.29, 1.82) is 0 Å². The summed E-state index contributed by atoms with van der Waals surface area (Å²) in [6.07, 6.45) is 2.45. The van der Waals surface area contributed by atoms with E-state index in [9.17, 15) is 9.59 Å². The van der Waals surface area contributed by atoms with Crippen molar-refractivity contribution in [2.75, 3.05) is 31.1 Å². The lowest BCUT2D eigenvalue weighted by molar-refractivity contribution is 0.0751. The van der Waals surface area contributed by atoms with E-state index in [1.54, 1.807) is 10.9 Å². The van der Waals surface area contributed by atoms with Crippen LogP contribution in [0.15, 0.2) is 35.4 Å². The molecule has 1 amide bonds. The molecule has 1 fully saturated rings. The Labute approximate surface area is 178 Å². The first-order chi connectivity index (χ1) is 14.0. The van der Waals surface area contributed by atoms with Gasteiger partial charge in [-0.1, -0.05) is 24.6 Å². The highest BCUT2D eigenvalue weighted by molar-refractivity contribution is 7.20. The van der Waals surface area contributed by atoms with Crippen LogP contribution in [0.5, 0.6) is 0 Å². The number of aryl methyl sites for hydroxylation is 2. The normalized spacial score (nSPS) is 14.6. The molecule has 29 heavy (non-hydrogen) atoms. The number of thiophene rings is 1. The van der Waals surface area contributed by atoms with Crippen LogP contribution in [0, 0.1) is 6.92 Å². The second-order valence-corrected chi connectivity index (χ2v) is 8.67. The van der Waals surface area contributed by atoms with Crippen LogP contribution in [0.2, 0.25) is 5.02 Å². The van der Waals surface area contributed by atoms with Crippen LogP contribution in [0.25, 0.3) is 10.2 Å². The van der Waals surface area contributed by atoms with Crippen molar-refractivity contribution in [2.45, 2.75) is 26.8 Å². The first-order valence-electron chi connectivity index (χ1n) is 9.78. The number of amides is 1. The van der Waals surface area contributed by atoms with Gasteiger partial charge in [0.1, 0.15) is 4.83 Å². The third kappa shape index (κ3) is 3.76. The fourth-order valence-electron chi connectivity index (χ4n) is 3.75. The van der Waals surface area contributed by atoms with Gasteiger partial charge in [-0.15, -0.1) is 11.3 Å². The lowest BCUT2D eigenvalue weighted by Gasteiger charge is -2.36. The number of nitrogens with zero attached hydrogens (tertiary/aromatic N) is 4. The second kappa shape index (κ2) is 8.16. The minimum Gasteiger partial charge on any atom is -0.368 e. The zero-order valence-corrected chi connectivity index (χ0v) is 18.1. The zero-order chi connectivity index (χ0) is 20.5. The minimum absolute atomic E-state index is 0.0160. The maximum Gasteiger partial charge on any atom is 0.264 e. The Balaban J connectivity index is 1.54. The summed E-state index contributed by atoms with van der Waals surface area (Å²) in [6.45, 7) is 7.27. The van der Waals surface area contributed by atoms with Crippen LogP contribution >= 0.6 is 22.9 Å². The molecule has 0 atom stereocenters. The van der Waals surface area contributed by atoms with E-state index in [0.29, 0.717) is 39.8 Å². The molecule has 1 aromatic carbocycles. The van der Waals surface area contributed by atoms with Gasteiger partial charge in [-0.3, -0.25) is 14.2 Å². The molecule has 0 radical (unpaired) electrons. The number of rotatable bonds is 4. The SMILES string of the molecule is CCCn1cnc2sc(C(=O)N3CCN(c4cccc(Cl)c4)CC3)c(C)c2c1=O. The molecular weight excluding hydrogens is 408 g/mol. The Morgan fingerprint density at radius 3 is 2.69 bits per heavy atom. The minimum atomic E-state index is -0.0598. The fraction of sp³-hybridized carbons (Fsp3) is 0.381. The molecule has 8 heteroatoms. The van der Waals surface area contributed by atoms with Crippen LogP contribution in [0.1, 0.15) is 28.6 Å². The van der Waals surface area contributed by atoms with E-state index in [-0.39, 0.29) is 11.5 Å². The van der Waals surface area contributed by atoms with Crippen molar-refractivity contribution in [2.24, 2.45) is 0 Å². The van der Waals surface area contributed by atoms with Crippen LogP contribution in [0.3, 0.4) is 0 Å². The van der Waals surface area contributed by atoms with Gasteiger partial charge in [0.05, 0.1) is 16.6 Å².